The molecule has 3 amide bonds. The van der Waals surface area contributed by atoms with Gasteiger partial charge in [0.05, 0.1) is 16.8 Å². The third-order valence-electron chi connectivity index (χ3n) is 5.13. The van der Waals surface area contributed by atoms with Crippen LogP contribution in [0.4, 0.5) is 4.79 Å². The molecule has 0 spiro atoms. The van der Waals surface area contributed by atoms with Crippen LogP contribution in [0.3, 0.4) is 0 Å². The van der Waals surface area contributed by atoms with Gasteiger partial charge >= 0.3 is 12.0 Å². The quantitative estimate of drug-likeness (QED) is 0.551. The number of urea groups is 1. The van der Waals surface area contributed by atoms with Crippen LogP contribution in [-0.2, 0) is 16.0 Å². The molecule has 4 rings (SSSR count). The van der Waals surface area contributed by atoms with Crippen molar-refractivity contribution in [1.82, 2.24) is 15.6 Å². The maximum atomic E-state index is 13.1. The summed E-state index contributed by atoms with van der Waals surface area (Å²) in [6.45, 7) is 1.82. The Hall–Kier alpha value is -3.52. The molecule has 2 aromatic heterocycles. The third-order valence-corrected chi connectivity index (χ3v) is 5.95. The number of hydrogen-bond acceptors (Lipinski definition) is 6. The number of nitrogens with one attached hydrogen (secondary N) is 2. The van der Waals surface area contributed by atoms with Gasteiger partial charge in [0.15, 0.2) is 6.61 Å². The molecule has 164 valence electrons. The van der Waals surface area contributed by atoms with Crippen molar-refractivity contribution in [3.8, 4) is 0 Å². The number of nitrogens with zero attached hydrogens (tertiary/aromatic N) is 1. The van der Waals surface area contributed by atoms with Crippen molar-refractivity contribution in [1.29, 1.82) is 0 Å². The normalized spacial score (nSPS) is 13.7. The van der Waals surface area contributed by atoms with Gasteiger partial charge in [-0.2, -0.15) is 0 Å². The van der Waals surface area contributed by atoms with E-state index in [-0.39, 0.29) is 0 Å². The fourth-order valence-electron chi connectivity index (χ4n) is 3.71. The summed E-state index contributed by atoms with van der Waals surface area (Å²) in [4.78, 5) is 42.6. The maximum Gasteiger partial charge on any atom is 0.339 e. The average Bonchev–Trinajstić information content (AvgIpc) is 3.45. The number of aromatic nitrogens is 1. The Labute approximate surface area is 189 Å². The first-order valence-corrected chi connectivity index (χ1v) is 11.4. The van der Waals surface area contributed by atoms with E-state index >= 15 is 0 Å². The molecule has 0 unspecified atom stereocenters. The highest BCUT2D eigenvalue weighted by Gasteiger charge is 2.28. The van der Waals surface area contributed by atoms with Gasteiger partial charge in [-0.15, -0.1) is 11.3 Å². The van der Waals surface area contributed by atoms with E-state index in [4.69, 9.17) is 9.72 Å². The van der Waals surface area contributed by atoms with E-state index in [9.17, 15) is 14.4 Å². The van der Waals surface area contributed by atoms with Crippen molar-refractivity contribution >= 4 is 51.8 Å². The highest BCUT2D eigenvalue weighted by molar-refractivity contribution is 7.10. The largest absolute Gasteiger partial charge is 0.452 e. The first-order valence-electron chi connectivity index (χ1n) is 10.5. The molecule has 1 aliphatic carbocycles. The number of benzene rings is 1. The molecule has 2 heterocycles. The molecule has 8 heteroatoms. The number of fused-ring (bicyclic) bond motifs is 2. The van der Waals surface area contributed by atoms with Crippen molar-refractivity contribution in [2.24, 2.45) is 0 Å². The summed E-state index contributed by atoms with van der Waals surface area (Å²) in [5, 5.41) is 7.40. The summed E-state index contributed by atoms with van der Waals surface area (Å²) in [5.41, 5.74) is 3.83. The smallest absolute Gasteiger partial charge is 0.339 e. The predicted octanol–water partition coefficient (Wildman–Crippen LogP) is 4.18. The van der Waals surface area contributed by atoms with Gasteiger partial charge in [-0.05, 0) is 54.0 Å². The maximum absolute atomic E-state index is 13.1. The number of imide groups is 1. The minimum Gasteiger partial charge on any atom is -0.452 e. The van der Waals surface area contributed by atoms with Crippen LogP contribution in [0.5, 0.6) is 0 Å². The van der Waals surface area contributed by atoms with Crippen molar-refractivity contribution in [2.75, 3.05) is 13.2 Å². The fourth-order valence-corrected chi connectivity index (χ4v) is 4.39. The molecular weight excluding hydrogens is 426 g/mol. The molecule has 0 fully saturated rings. The second-order valence-electron chi connectivity index (χ2n) is 7.40. The lowest BCUT2D eigenvalue weighted by molar-refractivity contribution is -0.123. The van der Waals surface area contributed by atoms with E-state index in [0.29, 0.717) is 29.4 Å². The van der Waals surface area contributed by atoms with E-state index in [1.54, 1.807) is 11.3 Å². The number of carbonyl (C=O) groups excluding carboxylic acids is 3. The van der Waals surface area contributed by atoms with Gasteiger partial charge < -0.3 is 10.1 Å². The first kappa shape index (κ1) is 21.7. The number of amides is 3. The molecule has 0 aliphatic heterocycles. The van der Waals surface area contributed by atoms with Crippen LogP contribution in [-0.4, -0.2) is 36.0 Å². The van der Waals surface area contributed by atoms with E-state index in [1.807, 2.05) is 48.7 Å². The van der Waals surface area contributed by atoms with Crippen molar-refractivity contribution in [2.45, 2.75) is 26.2 Å². The number of allylic oxidation sites excluding steroid dienone is 1. The number of carbonyl (C=O) groups is 3. The summed E-state index contributed by atoms with van der Waals surface area (Å²) >= 11 is 1.65. The summed E-state index contributed by atoms with van der Waals surface area (Å²) in [6.07, 6.45) is 4.30. The van der Waals surface area contributed by atoms with E-state index in [0.717, 1.165) is 34.5 Å². The molecule has 0 saturated heterocycles. The van der Waals surface area contributed by atoms with Crippen molar-refractivity contribution in [3.63, 3.8) is 0 Å². The van der Waals surface area contributed by atoms with Gasteiger partial charge in [-0.1, -0.05) is 31.2 Å². The van der Waals surface area contributed by atoms with Crippen LogP contribution in [0.2, 0.25) is 0 Å². The number of para-hydroxylation sites is 1. The number of ether oxygens (including phenoxy) is 1. The molecule has 0 saturated carbocycles. The molecule has 0 bridgehead atoms. The van der Waals surface area contributed by atoms with Gasteiger partial charge in [0.25, 0.3) is 5.91 Å². The molecule has 1 aliphatic rings. The zero-order valence-corrected chi connectivity index (χ0v) is 18.5. The zero-order chi connectivity index (χ0) is 22.5. The number of pyridine rings is 1. The van der Waals surface area contributed by atoms with Gasteiger partial charge in [0, 0.05) is 16.8 Å². The molecule has 7 nitrogen and oxygen atoms in total. The second-order valence-corrected chi connectivity index (χ2v) is 8.38. The van der Waals surface area contributed by atoms with E-state index in [2.05, 4.69) is 16.7 Å². The highest BCUT2D eigenvalue weighted by atomic mass is 32.1. The number of hydrogen-bond donors (Lipinski definition) is 2. The lowest BCUT2D eigenvalue weighted by Gasteiger charge is -2.12. The molecule has 0 radical (unpaired) electrons. The van der Waals surface area contributed by atoms with Crippen LogP contribution in [0.1, 0.15) is 46.3 Å². The molecular formula is C24H23N3O4S. The highest BCUT2D eigenvalue weighted by Crippen LogP contribution is 2.38. The van der Waals surface area contributed by atoms with E-state index in [1.165, 1.54) is 0 Å². The topological polar surface area (TPSA) is 97.4 Å². The van der Waals surface area contributed by atoms with Crippen LogP contribution >= 0.6 is 11.3 Å². The summed E-state index contributed by atoms with van der Waals surface area (Å²) in [5.74, 6) is -1.28. The standard InChI is InChI=1S/C24H23N3O4S/c1-2-11-25-24(30)27-20(28)14-31-23(29)21-17-7-3-4-8-19(17)26-22-15(9-10-18(21)22)13-16-6-5-12-32-16/h3-8,12-13H,2,9-11,14H2,1H3,(H2,25,27,28,30). The lowest BCUT2D eigenvalue weighted by Crippen LogP contribution is -2.41. The Balaban J connectivity index is 1.59. The van der Waals surface area contributed by atoms with Crippen molar-refractivity contribution < 1.29 is 19.1 Å². The summed E-state index contributed by atoms with van der Waals surface area (Å²) < 4.78 is 5.29. The Morgan fingerprint density at radius 3 is 2.78 bits per heavy atom. The minimum absolute atomic E-state index is 0.434. The monoisotopic (exact) mass is 449 g/mol. The average molecular weight is 450 g/mol. The summed E-state index contributed by atoms with van der Waals surface area (Å²) in [6, 6.07) is 10.8. The molecule has 0 atom stereocenters. The third kappa shape index (κ3) is 4.70. The summed E-state index contributed by atoms with van der Waals surface area (Å²) in [7, 11) is 0. The zero-order valence-electron chi connectivity index (χ0n) is 17.6. The van der Waals surface area contributed by atoms with Crippen LogP contribution in [0.15, 0.2) is 41.8 Å². The predicted molar refractivity (Wildman–Crippen MR) is 124 cm³/mol. The Bertz CT molecular complexity index is 1200. The van der Waals surface area contributed by atoms with Crippen molar-refractivity contribution in [3.05, 3.63) is 63.5 Å². The van der Waals surface area contributed by atoms with Crippen LogP contribution < -0.4 is 10.6 Å². The molecule has 3 aromatic rings. The Kier molecular flexibility index (Phi) is 6.61. The van der Waals surface area contributed by atoms with Crippen LogP contribution in [0.25, 0.3) is 22.6 Å². The molecule has 2 N–H and O–H groups in total. The minimum atomic E-state index is -0.680. The molecule has 32 heavy (non-hydrogen) atoms. The molecule has 1 aromatic carbocycles. The number of rotatable bonds is 6. The fraction of sp³-hybridized carbons (Fsp3) is 0.250. The van der Waals surface area contributed by atoms with E-state index < -0.39 is 24.5 Å². The second kappa shape index (κ2) is 9.74. The number of thiophene rings is 1. The van der Waals surface area contributed by atoms with Gasteiger partial charge in [0.2, 0.25) is 0 Å². The SMILES string of the molecule is CCCNC(=O)NC(=O)COC(=O)c1c2c(nc3ccccc13)C(=Cc1cccs1)CC2. The lowest BCUT2D eigenvalue weighted by atomic mass is 10.0. The number of esters is 1. The van der Waals surface area contributed by atoms with Gasteiger partial charge in [-0.25, -0.2) is 14.6 Å². The Morgan fingerprint density at radius 2 is 2.00 bits per heavy atom. The first-order chi connectivity index (χ1) is 15.6. The van der Waals surface area contributed by atoms with Gasteiger partial charge in [-0.3, -0.25) is 10.1 Å². The van der Waals surface area contributed by atoms with Crippen LogP contribution in [0, 0.1) is 0 Å². The van der Waals surface area contributed by atoms with Gasteiger partial charge in [0.1, 0.15) is 0 Å². The Morgan fingerprint density at radius 1 is 1.16 bits per heavy atom.